The van der Waals surface area contributed by atoms with Gasteiger partial charge < -0.3 is 10.1 Å². The summed E-state index contributed by atoms with van der Waals surface area (Å²) in [6.45, 7) is 6.76. The van der Waals surface area contributed by atoms with Crippen LogP contribution in [0.1, 0.15) is 23.6 Å². The third-order valence-electron chi connectivity index (χ3n) is 3.88. The van der Waals surface area contributed by atoms with Crippen molar-refractivity contribution in [1.29, 1.82) is 0 Å². The van der Waals surface area contributed by atoms with E-state index in [-0.39, 0.29) is 11.2 Å². The quantitative estimate of drug-likeness (QED) is 0.768. The molecule has 2 aromatic rings. The Bertz CT molecular complexity index is 683. The summed E-state index contributed by atoms with van der Waals surface area (Å²) in [5.41, 5.74) is 3.65. The number of aryl methyl sites for hydroxylation is 2. The lowest BCUT2D eigenvalue weighted by Crippen LogP contribution is -2.32. The highest BCUT2D eigenvalue weighted by atomic mass is 32.2. The molecule has 1 N–H and O–H groups in total. The monoisotopic (exact) mass is 343 g/mol. The number of thioether (sulfide) groups is 1. The molecule has 1 atom stereocenters. The van der Waals surface area contributed by atoms with Crippen molar-refractivity contribution < 1.29 is 9.53 Å². The zero-order valence-electron chi connectivity index (χ0n) is 14.8. The molecule has 1 amide bonds. The smallest absolute Gasteiger partial charge is 0.233 e. The molecule has 24 heavy (non-hydrogen) atoms. The van der Waals surface area contributed by atoms with E-state index in [0.29, 0.717) is 6.54 Å². The van der Waals surface area contributed by atoms with Crippen LogP contribution in [0.5, 0.6) is 5.75 Å². The van der Waals surface area contributed by atoms with Crippen molar-refractivity contribution in [2.24, 2.45) is 0 Å². The van der Waals surface area contributed by atoms with Gasteiger partial charge in [0, 0.05) is 11.4 Å². The van der Waals surface area contributed by atoms with E-state index >= 15 is 0 Å². The maximum Gasteiger partial charge on any atom is 0.233 e. The van der Waals surface area contributed by atoms with Gasteiger partial charge in [-0.2, -0.15) is 0 Å². The van der Waals surface area contributed by atoms with Crippen LogP contribution in [0.2, 0.25) is 0 Å². The van der Waals surface area contributed by atoms with Crippen LogP contribution in [0, 0.1) is 13.8 Å². The van der Waals surface area contributed by atoms with E-state index in [9.17, 15) is 4.79 Å². The van der Waals surface area contributed by atoms with Gasteiger partial charge in [0.2, 0.25) is 5.91 Å². The van der Waals surface area contributed by atoms with Crippen LogP contribution < -0.4 is 10.1 Å². The lowest BCUT2D eigenvalue weighted by atomic mass is 10.1. The van der Waals surface area contributed by atoms with Crippen LogP contribution >= 0.6 is 11.8 Å². The number of amides is 1. The molecule has 0 heterocycles. The Balaban J connectivity index is 1.80. The zero-order chi connectivity index (χ0) is 17.5. The molecule has 0 aliphatic heterocycles. The SMILES string of the molecule is COc1ccc(CCNC(=O)[C@@H](C)Sc2ccc(C)cc2C)cc1. The van der Waals surface area contributed by atoms with E-state index in [0.717, 1.165) is 12.2 Å². The topological polar surface area (TPSA) is 38.3 Å². The van der Waals surface area contributed by atoms with Crippen molar-refractivity contribution in [1.82, 2.24) is 5.32 Å². The molecule has 0 spiro atoms. The summed E-state index contributed by atoms with van der Waals surface area (Å²) in [5, 5.41) is 2.91. The fourth-order valence-electron chi connectivity index (χ4n) is 2.44. The maximum atomic E-state index is 12.3. The Morgan fingerprint density at radius 1 is 1.17 bits per heavy atom. The van der Waals surface area contributed by atoms with Crippen molar-refractivity contribution in [3.8, 4) is 5.75 Å². The largest absolute Gasteiger partial charge is 0.497 e. The van der Waals surface area contributed by atoms with Crippen LogP contribution in [0.4, 0.5) is 0 Å². The van der Waals surface area contributed by atoms with Gasteiger partial charge in [-0.15, -0.1) is 11.8 Å². The molecule has 0 fully saturated rings. The van der Waals surface area contributed by atoms with Crippen molar-refractivity contribution >= 4 is 17.7 Å². The summed E-state index contributed by atoms with van der Waals surface area (Å²) in [5.74, 6) is 0.926. The first-order valence-electron chi connectivity index (χ1n) is 8.14. The molecular formula is C20H25NO2S. The predicted octanol–water partition coefficient (Wildman–Crippen LogP) is 4.15. The van der Waals surface area contributed by atoms with Gasteiger partial charge in [-0.1, -0.05) is 29.8 Å². The van der Waals surface area contributed by atoms with E-state index in [1.165, 1.54) is 21.6 Å². The van der Waals surface area contributed by atoms with Gasteiger partial charge in [0.15, 0.2) is 0 Å². The summed E-state index contributed by atoms with van der Waals surface area (Å²) < 4.78 is 5.14. The van der Waals surface area contributed by atoms with Gasteiger partial charge in [0.1, 0.15) is 5.75 Å². The molecule has 0 aliphatic carbocycles. The number of methoxy groups -OCH3 is 1. The second-order valence-corrected chi connectivity index (χ2v) is 7.30. The Morgan fingerprint density at radius 3 is 2.50 bits per heavy atom. The first-order chi connectivity index (χ1) is 11.5. The van der Waals surface area contributed by atoms with Gasteiger partial charge in [-0.25, -0.2) is 0 Å². The van der Waals surface area contributed by atoms with Crippen LogP contribution in [0.25, 0.3) is 0 Å². The summed E-state index contributed by atoms with van der Waals surface area (Å²) in [6.07, 6.45) is 0.816. The van der Waals surface area contributed by atoms with Crippen molar-refractivity contribution in [2.75, 3.05) is 13.7 Å². The molecule has 0 aromatic heterocycles. The molecule has 0 saturated heterocycles. The number of carbonyl (C=O) groups excluding carboxylic acids is 1. The van der Waals surface area contributed by atoms with Gasteiger partial charge in [0.05, 0.1) is 12.4 Å². The highest BCUT2D eigenvalue weighted by Crippen LogP contribution is 2.27. The molecule has 2 aromatic carbocycles. The Kier molecular flexibility index (Phi) is 6.73. The average molecular weight is 343 g/mol. The standard InChI is InChI=1S/C20H25NO2S/c1-14-5-10-19(15(2)13-14)24-16(3)20(22)21-12-11-17-6-8-18(23-4)9-7-17/h5-10,13,16H,11-12H2,1-4H3,(H,21,22)/t16-/m1/s1. The minimum atomic E-state index is -0.109. The Hall–Kier alpha value is -1.94. The van der Waals surface area contributed by atoms with Gasteiger partial charge in [-0.05, 0) is 56.5 Å². The van der Waals surface area contributed by atoms with Crippen molar-refractivity contribution in [2.45, 2.75) is 37.3 Å². The normalized spacial score (nSPS) is 11.8. The van der Waals surface area contributed by atoms with Crippen LogP contribution in [-0.2, 0) is 11.2 Å². The molecule has 0 aliphatic rings. The molecule has 2 rings (SSSR count). The second kappa shape index (κ2) is 8.78. The van der Waals surface area contributed by atoms with Gasteiger partial charge >= 0.3 is 0 Å². The number of rotatable bonds is 7. The fraction of sp³-hybridized carbons (Fsp3) is 0.350. The number of carbonyl (C=O) groups is 1. The Morgan fingerprint density at radius 2 is 1.88 bits per heavy atom. The minimum absolute atomic E-state index is 0.0773. The molecule has 0 unspecified atom stereocenters. The van der Waals surface area contributed by atoms with Gasteiger partial charge in [0.25, 0.3) is 0 Å². The molecule has 0 bridgehead atoms. The number of hydrogen-bond donors (Lipinski definition) is 1. The lowest BCUT2D eigenvalue weighted by Gasteiger charge is -2.14. The number of benzene rings is 2. The maximum absolute atomic E-state index is 12.3. The molecule has 128 valence electrons. The van der Waals surface area contributed by atoms with E-state index in [1.807, 2.05) is 31.2 Å². The second-order valence-electron chi connectivity index (χ2n) is 5.92. The summed E-state index contributed by atoms with van der Waals surface area (Å²) in [6, 6.07) is 14.3. The molecule has 0 saturated carbocycles. The molecule has 0 radical (unpaired) electrons. The first-order valence-corrected chi connectivity index (χ1v) is 9.02. The van der Waals surface area contributed by atoms with Crippen LogP contribution in [-0.4, -0.2) is 24.8 Å². The molecule has 3 nitrogen and oxygen atoms in total. The predicted molar refractivity (Wildman–Crippen MR) is 101 cm³/mol. The molecule has 4 heteroatoms. The van der Waals surface area contributed by atoms with Crippen molar-refractivity contribution in [3.63, 3.8) is 0 Å². The summed E-state index contributed by atoms with van der Waals surface area (Å²) in [7, 11) is 1.66. The summed E-state index contributed by atoms with van der Waals surface area (Å²) in [4.78, 5) is 13.4. The lowest BCUT2D eigenvalue weighted by molar-refractivity contribution is -0.120. The summed E-state index contributed by atoms with van der Waals surface area (Å²) >= 11 is 1.61. The Labute approximate surface area is 148 Å². The average Bonchev–Trinajstić information content (AvgIpc) is 2.57. The first kappa shape index (κ1) is 18.4. The number of ether oxygens (including phenoxy) is 1. The minimum Gasteiger partial charge on any atom is -0.497 e. The third-order valence-corrected chi connectivity index (χ3v) is 5.15. The van der Waals surface area contributed by atoms with E-state index in [2.05, 4.69) is 37.4 Å². The van der Waals surface area contributed by atoms with Crippen LogP contribution in [0.15, 0.2) is 47.4 Å². The highest BCUT2D eigenvalue weighted by molar-refractivity contribution is 8.00. The fourth-order valence-corrected chi connectivity index (χ4v) is 3.40. The van der Waals surface area contributed by atoms with E-state index in [1.54, 1.807) is 18.9 Å². The van der Waals surface area contributed by atoms with Crippen LogP contribution in [0.3, 0.4) is 0 Å². The van der Waals surface area contributed by atoms with Crippen molar-refractivity contribution in [3.05, 3.63) is 59.2 Å². The number of nitrogens with one attached hydrogen (secondary N) is 1. The van der Waals surface area contributed by atoms with Gasteiger partial charge in [-0.3, -0.25) is 4.79 Å². The highest BCUT2D eigenvalue weighted by Gasteiger charge is 2.14. The zero-order valence-corrected chi connectivity index (χ0v) is 15.6. The van der Waals surface area contributed by atoms with E-state index in [4.69, 9.17) is 4.74 Å². The molecular weight excluding hydrogens is 318 g/mol. The third kappa shape index (κ3) is 5.31. The number of hydrogen-bond acceptors (Lipinski definition) is 3. The van der Waals surface area contributed by atoms with E-state index < -0.39 is 0 Å².